The number of carbonyl (C=O) groups excluding carboxylic acids is 2. The van der Waals surface area contributed by atoms with Crippen LogP contribution in [0.3, 0.4) is 0 Å². The van der Waals surface area contributed by atoms with Crippen LogP contribution in [0.25, 0.3) is 0 Å². The van der Waals surface area contributed by atoms with Gasteiger partial charge in [-0.2, -0.15) is 11.8 Å². The molecule has 0 aliphatic carbocycles. The topological polar surface area (TPSA) is 58.6 Å². The van der Waals surface area contributed by atoms with Crippen molar-refractivity contribution in [1.82, 2.24) is 10.2 Å². The number of likely N-dealkylation sites (tertiary alicyclic amines) is 1. The Morgan fingerprint density at radius 1 is 1.38 bits per heavy atom. The molecule has 0 spiro atoms. The molecule has 1 saturated heterocycles. The molecule has 0 aromatic carbocycles. The minimum absolute atomic E-state index is 0.0596. The number of rotatable bonds is 5. The first-order valence-electron chi connectivity index (χ1n) is 7.58. The van der Waals surface area contributed by atoms with Gasteiger partial charge < -0.3 is 15.0 Å². The number of amides is 2. The zero-order valence-corrected chi connectivity index (χ0v) is 14.4. The van der Waals surface area contributed by atoms with Gasteiger partial charge in [-0.3, -0.25) is 4.79 Å². The lowest BCUT2D eigenvalue weighted by Gasteiger charge is -2.33. The predicted molar refractivity (Wildman–Crippen MR) is 86.5 cm³/mol. The van der Waals surface area contributed by atoms with Crippen LogP contribution in [-0.4, -0.2) is 54.1 Å². The normalized spacial score (nSPS) is 19.2. The van der Waals surface area contributed by atoms with E-state index in [1.54, 1.807) is 16.7 Å². The highest BCUT2D eigenvalue weighted by Crippen LogP contribution is 2.19. The molecule has 0 radical (unpaired) electrons. The Kier molecular flexibility index (Phi) is 7.35. The Bertz CT molecular complexity index is 355. The number of hydrogen-bond acceptors (Lipinski definition) is 4. The van der Waals surface area contributed by atoms with Crippen molar-refractivity contribution in [3.8, 4) is 0 Å². The average Bonchev–Trinajstić information content (AvgIpc) is 2.41. The van der Waals surface area contributed by atoms with Gasteiger partial charge in [-0.25, -0.2) is 4.79 Å². The molecule has 1 N–H and O–H groups in total. The molecule has 1 atom stereocenters. The van der Waals surface area contributed by atoms with Crippen molar-refractivity contribution in [3.63, 3.8) is 0 Å². The van der Waals surface area contributed by atoms with Crippen LogP contribution >= 0.6 is 11.8 Å². The largest absolute Gasteiger partial charge is 0.444 e. The van der Waals surface area contributed by atoms with E-state index >= 15 is 0 Å². The van der Waals surface area contributed by atoms with Crippen LogP contribution < -0.4 is 5.32 Å². The highest BCUT2D eigenvalue weighted by atomic mass is 32.2. The number of thioether (sulfide) groups is 1. The van der Waals surface area contributed by atoms with Crippen LogP contribution in [0, 0.1) is 5.92 Å². The van der Waals surface area contributed by atoms with Gasteiger partial charge in [0.1, 0.15) is 5.60 Å². The molecule has 0 aromatic heterocycles. The van der Waals surface area contributed by atoms with E-state index in [2.05, 4.69) is 11.6 Å². The second kappa shape index (κ2) is 8.51. The summed E-state index contributed by atoms with van der Waals surface area (Å²) in [6.07, 6.45) is 4.41. The van der Waals surface area contributed by atoms with Gasteiger partial charge >= 0.3 is 6.09 Å². The molecule has 1 fully saturated rings. The Morgan fingerprint density at radius 2 is 2.10 bits per heavy atom. The third-order valence-corrected chi connectivity index (χ3v) is 3.97. The van der Waals surface area contributed by atoms with E-state index in [1.165, 1.54) is 0 Å². The van der Waals surface area contributed by atoms with E-state index in [4.69, 9.17) is 4.74 Å². The summed E-state index contributed by atoms with van der Waals surface area (Å²) in [5.41, 5.74) is -0.496. The van der Waals surface area contributed by atoms with Gasteiger partial charge in [0.05, 0.1) is 5.92 Å². The second-order valence-electron chi connectivity index (χ2n) is 6.40. The number of carbonyl (C=O) groups is 2. The van der Waals surface area contributed by atoms with Crippen molar-refractivity contribution >= 4 is 23.8 Å². The van der Waals surface area contributed by atoms with Crippen molar-refractivity contribution in [3.05, 3.63) is 0 Å². The highest BCUT2D eigenvalue weighted by Gasteiger charge is 2.30. The van der Waals surface area contributed by atoms with Gasteiger partial charge in [0.2, 0.25) is 5.91 Å². The van der Waals surface area contributed by atoms with E-state index < -0.39 is 5.60 Å². The summed E-state index contributed by atoms with van der Waals surface area (Å²) in [5, 5.41) is 2.96. The standard InChI is InChI=1S/C15H28N2O3S/c1-15(2,3)20-14(19)17-9-5-7-12(11-17)13(18)16-8-6-10-21-4/h12H,5-11H2,1-4H3,(H,16,18). The summed E-state index contributed by atoms with van der Waals surface area (Å²) < 4.78 is 5.37. The molecule has 1 aliphatic rings. The molecule has 21 heavy (non-hydrogen) atoms. The minimum atomic E-state index is -0.496. The summed E-state index contributed by atoms with van der Waals surface area (Å²) in [6.45, 7) is 7.40. The minimum Gasteiger partial charge on any atom is -0.444 e. The molecule has 1 unspecified atom stereocenters. The maximum Gasteiger partial charge on any atom is 0.410 e. The summed E-state index contributed by atoms with van der Waals surface area (Å²) in [7, 11) is 0. The van der Waals surface area contributed by atoms with E-state index in [9.17, 15) is 9.59 Å². The van der Waals surface area contributed by atoms with Gasteiger partial charge in [0.15, 0.2) is 0 Å². The van der Waals surface area contributed by atoms with Crippen LogP contribution in [0.5, 0.6) is 0 Å². The number of nitrogens with zero attached hydrogens (tertiary/aromatic N) is 1. The van der Waals surface area contributed by atoms with Crippen LogP contribution in [0.4, 0.5) is 4.79 Å². The van der Waals surface area contributed by atoms with E-state index in [0.717, 1.165) is 25.0 Å². The summed E-state index contributed by atoms with van der Waals surface area (Å²) in [5.74, 6) is 1.000. The van der Waals surface area contributed by atoms with Gasteiger partial charge in [0.25, 0.3) is 0 Å². The average molecular weight is 316 g/mol. The second-order valence-corrected chi connectivity index (χ2v) is 7.39. The lowest BCUT2D eigenvalue weighted by molar-refractivity contribution is -0.126. The Labute approximate surface area is 132 Å². The fraction of sp³-hybridized carbons (Fsp3) is 0.867. The van der Waals surface area contributed by atoms with Crippen LogP contribution in [0.2, 0.25) is 0 Å². The maximum absolute atomic E-state index is 12.1. The number of piperidine rings is 1. The maximum atomic E-state index is 12.1. The van der Waals surface area contributed by atoms with Crippen LogP contribution in [-0.2, 0) is 9.53 Å². The molecule has 0 saturated carbocycles. The first-order valence-corrected chi connectivity index (χ1v) is 8.97. The first-order chi connectivity index (χ1) is 9.83. The molecular formula is C15H28N2O3S. The summed E-state index contributed by atoms with van der Waals surface area (Å²) in [4.78, 5) is 25.8. The van der Waals surface area contributed by atoms with Crippen LogP contribution in [0.15, 0.2) is 0 Å². The van der Waals surface area contributed by atoms with Crippen molar-refractivity contribution in [2.75, 3.05) is 31.6 Å². The van der Waals surface area contributed by atoms with E-state index in [1.807, 2.05) is 20.8 Å². The molecule has 0 aromatic rings. The van der Waals surface area contributed by atoms with Gasteiger partial charge in [0, 0.05) is 19.6 Å². The summed E-state index contributed by atoms with van der Waals surface area (Å²) >= 11 is 1.78. The lowest BCUT2D eigenvalue weighted by atomic mass is 9.97. The van der Waals surface area contributed by atoms with Gasteiger partial charge in [-0.05, 0) is 52.0 Å². The lowest BCUT2D eigenvalue weighted by Crippen LogP contribution is -2.47. The molecule has 6 heteroatoms. The quantitative estimate of drug-likeness (QED) is 0.792. The predicted octanol–water partition coefficient (Wildman–Crippen LogP) is 2.50. The van der Waals surface area contributed by atoms with Crippen molar-refractivity contribution < 1.29 is 14.3 Å². The monoisotopic (exact) mass is 316 g/mol. The third-order valence-electron chi connectivity index (χ3n) is 3.27. The Balaban J connectivity index is 2.40. The molecule has 0 bridgehead atoms. The number of ether oxygens (including phenoxy) is 1. The van der Waals surface area contributed by atoms with Crippen molar-refractivity contribution in [1.29, 1.82) is 0 Å². The number of nitrogens with one attached hydrogen (secondary N) is 1. The zero-order valence-electron chi connectivity index (χ0n) is 13.6. The molecule has 1 aliphatic heterocycles. The molecular weight excluding hydrogens is 288 g/mol. The number of hydrogen-bond donors (Lipinski definition) is 1. The SMILES string of the molecule is CSCCCNC(=O)C1CCCN(C(=O)OC(C)(C)C)C1. The molecule has 122 valence electrons. The first kappa shape index (κ1) is 18.1. The Hall–Kier alpha value is -0.910. The Morgan fingerprint density at radius 3 is 2.71 bits per heavy atom. The summed E-state index contributed by atoms with van der Waals surface area (Å²) in [6, 6.07) is 0. The smallest absolute Gasteiger partial charge is 0.410 e. The third kappa shape index (κ3) is 7.07. The van der Waals surface area contributed by atoms with Crippen molar-refractivity contribution in [2.24, 2.45) is 5.92 Å². The van der Waals surface area contributed by atoms with Crippen molar-refractivity contribution in [2.45, 2.75) is 45.6 Å². The van der Waals surface area contributed by atoms with Gasteiger partial charge in [-0.1, -0.05) is 0 Å². The zero-order chi connectivity index (χ0) is 15.9. The molecule has 1 heterocycles. The fourth-order valence-electron chi connectivity index (χ4n) is 2.26. The highest BCUT2D eigenvalue weighted by molar-refractivity contribution is 7.98. The van der Waals surface area contributed by atoms with E-state index in [-0.39, 0.29) is 17.9 Å². The van der Waals surface area contributed by atoms with Gasteiger partial charge in [-0.15, -0.1) is 0 Å². The molecule has 2 amide bonds. The van der Waals surface area contributed by atoms with E-state index in [0.29, 0.717) is 19.6 Å². The molecule has 1 rings (SSSR count). The fourth-order valence-corrected chi connectivity index (χ4v) is 2.69. The van der Waals surface area contributed by atoms with Crippen LogP contribution in [0.1, 0.15) is 40.0 Å². The molecule has 5 nitrogen and oxygen atoms in total.